The van der Waals surface area contributed by atoms with Gasteiger partial charge in [0.05, 0.1) is 12.2 Å². The fraction of sp³-hybridized carbons (Fsp3) is 0.529. The molecule has 0 aliphatic heterocycles. The van der Waals surface area contributed by atoms with E-state index in [2.05, 4.69) is 33.9 Å². The van der Waals surface area contributed by atoms with Gasteiger partial charge in [0.25, 0.3) is 0 Å². The lowest BCUT2D eigenvalue weighted by atomic mass is 10.1. The number of benzene rings is 1. The molecule has 0 aromatic heterocycles. The summed E-state index contributed by atoms with van der Waals surface area (Å²) in [7, 11) is -1.83. The highest BCUT2D eigenvalue weighted by Gasteiger charge is 2.39. The van der Waals surface area contributed by atoms with E-state index in [0.717, 1.165) is 5.56 Å². The van der Waals surface area contributed by atoms with Crippen molar-refractivity contribution in [3.63, 3.8) is 0 Å². The van der Waals surface area contributed by atoms with Gasteiger partial charge >= 0.3 is 0 Å². The number of hydrogen-bond acceptors (Lipinski definition) is 2. The van der Waals surface area contributed by atoms with Crippen LogP contribution in [-0.4, -0.2) is 25.6 Å². The predicted molar refractivity (Wildman–Crippen MR) is 89.2 cm³/mol. The predicted octanol–water partition coefficient (Wildman–Crippen LogP) is 4.47. The molecule has 3 heteroatoms. The summed E-state index contributed by atoms with van der Waals surface area (Å²) >= 11 is 0. The third kappa shape index (κ3) is 4.89. The van der Waals surface area contributed by atoms with Crippen molar-refractivity contribution >= 4 is 14.4 Å². The summed E-state index contributed by atoms with van der Waals surface area (Å²) in [6.45, 7) is 13.0. The van der Waals surface area contributed by atoms with Gasteiger partial charge in [-0.1, -0.05) is 63.3 Å². The van der Waals surface area contributed by atoms with Crippen LogP contribution in [0.2, 0.25) is 18.1 Å². The van der Waals surface area contributed by atoms with Crippen molar-refractivity contribution in [3.05, 3.63) is 42.0 Å². The van der Waals surface area contributed by atoms with E-state index in [1.165, 1.54) is 0 Å². The molecule has 1 aromatic rings. The van der Waals surface area contributed by atoms with E-state index in [0.29, 0.717) is 0 Å². The molecular formula is C17H28O2Si. The third-order valence-corrected chi connectivity index (χ3v) is 8.63. The molecule has 2 nitrogen and oxygen atoms in total. The van der Waals surface area contributed by atoms with Crippen LogP contribution in [0.4, 0.5) is 0 Å². The van der Waals surface area contributed by atoms with E-state index in [-0.39, 0.29) is 11.1 Å². The minimum atomic E-state index is -1.83. The van der Waals surface area contributed by atoms with Gasteiger partial charge < -0.3 is 9.53 Å². The van der Waals surface area contributed by atoms with E-state index < -0.39 is 14.4 Å². The molecule has 0 radical (unpaired) electrons. The Labute approximate surface area is 124 Å². The Morgan fingerprint density at radius 1 is 1.15 bits per heavy atom. The summed E-state index contributed by atoms with van der Waals surface area (Å²) in [5.41, 5.74) is 1.09. The Morgan fingerprint density at radius 3 is 2.20 bits per heavy atom. The van der Waals surface area contributed by atoms with E-state index >= 15 is 0 Å². The Balaban J connectivity index is 2.64. The fourth-order valence-corrected chi connectivity index (χ4v) is 3.06. The Hall–Kier alpha value is -0.903. The summed E-state index contributed by atoms with van der Waals surface area (Å²) in [6, 6.07) is 9.99. The second-order valence-electron chi connectivity index (χ2n) is 6.84. The zero-order chi connectivity index (χ0) is 15.4. The maximum atomic E-state index is 10.2. The van der Waals surface area contributed by atoms with Crippen LogP contribution in [0.3, 0.4) is 0 Å². The van der Waals surface area contributed by atoms with E-state index in [1.807, 2.05) is 49.4 Å². The summed E-state index contributed by atoms with van der Waals surface area (Å²) in [5.74, 6) is 0. The van der Waals surface area contributed by atoms with Crippen LogP contribution < -0.4 is 0 Å². The van der Waals surface area contributed by atoms with Gasteiger partial charge in [-0.05, 0) is 30.6 Å². The molecule has 20 heavy (non-hydrogen) atoms. The highest BCUT2D eigenvalue weighted by atomic mass is 28.4. The highest BCUT2D eigenvalue weighted by Crippen LogP contribution is 2.37. The maximum Gasteiger partial charge on any atom is 0.192 e. The van der Waals surface area contributed by atoms with Crippen molar-refractivity contribution < 1.29 is 9.53 Å². The fourth-order valence-electron chi connectivity index (χ4n) is 1.64. The van der Waals surface area contributed by atoms with Crippen molar-refractivity contribution in [1.29, 1.82) is 0 Å². The SMILES string of the molecule is C[C@H](O[Si](C)(C)C(C)(C)C)[C@H](O)/C=C/c1ccccc1. The molecule has 0 spiro atoms. The van der Waals surface area contributed by atoms with Crippen LogP contribution in [0.15, 0.2) is 36.4 Å². The van der Waals surface area contributed by atoms with Crippen LogP contribution in [0.25, 0.3) is 6.08 Å². The van der Waals surface area contributed by atoms with E-state index in [4.69, 9.17) is 4.43 Å². The Bertz CT molecular complexity index is 432. The standard InChI is InChI=1S/C17H28O2Si/c1-14(19-20(5,6)17(2,3)4)16(18)13-12-15-10-8-7-9-11-15/h7-14,16,18H,1-6H3/b13-12+/t14-,16+/m0/s1. The number of aliphatic hydroxyl groups is 1. The van der Waals surface area contributed by atoms with Gasteiger partial charge in [0, 0.05) is 0 Å². The number of rotatable bonds is 5. The average Bonchev–Trinajstić information content (AvgIpc) is 2.35. The van der Waals surface area contributed by atoms with Gasteiger partial charge in [0.15, 0.2) is 8.32 Å². The molecule has 0 aliphatic carbocycles. The van der Waals surface area contributed by atoms with E-state index in [9.17, 15) is 5.11 Å². The molecule has 0 aliphatic rings. The van der Waals surface area contributed by atoms with E-state index in [1.54, 1.807) is 0 Å². The zero-order valence-corrected chi connectivity index (χ0v) is 14.6. The summed E-state index contributed by atoms with van der Waals surface area (Å²) < 4.78 is 6.19. The lowest BCUT2D eigenvalue weighted by molar-refractivity contribution is 0.0698. The molecule has 0 saturated heterocycles. The molecule has 0 fully saturated rings. The molecule has 0 unspecified atom stereocenters. The maximum absolute atomic E-state index is 10.2. The largest absolute Gasteiger partial charge is 0.411 e. The molecule has 112 valence electrons. The summed E-state index contributed by atoms with van der Waals surface area (Å²) in [5, 5.41) is 10.4. The molecule has 0 heterocycles. The molecule has 2 atom stereocenters. The van der Waals surface area contributed by atoms with Gasteiger partial charge in [0.1, 0.15) is 0 Å². The van der Waals surface area contributed by atoms with Crippen LogP contribution in [0.5, 0.6) is 0 Å². The lowest BCUT2D eigenvalue weighted by Gasteiger charge is -2.39. The van der Waals surface area contributed by atoms with Crippen molar-refractivity contribution in [3.8, 4) is 0 Å². The van der Waals surface area contributed by atoms with Crippen molar-refractivity contribution in [2.45, 2.75) is 58.0 Å². The number of hydrogen-bond donors (Lipinski definition) is 1. The zero-order valence-electron chi connectivity index (χ0n) is 13.6. The highest BCUT2D eigenvalue weighted by molar-refractivity contribution is 6.74. The Kier molecular flexibility index (Phi) is 5.75. The molecule has 1 rings (SSSR count). The summed E-state index contributed by atoms with van der Waals surface area (Å²) in [4.78, 5) is 0. The van der Waals surface area contributed by atoms with Crippen molar-refractivity contribution in [2.24, 2.45) is 0 Å². The van der Waals surface area contributed by atoms with Crippen LogP contribution in [0, 0.1) is 0 Å². The van der Waals surface area contributed by atoms with Gasteiger partial charge in [0.2, 0.25) is 0 Å². The van der Waals surface area contributed by atoms with Crippen LogP contribution >= 0.6 is 0 Å². The third-order valence-electron chi connectivity index (χ3n) is 4.05. The second kappa shape index (κ2) is 6.70. The molecule has 0 amide bonds. The molecule has 0 saturated carbocycles. The summed E-state index contributed by atoms with van der Waals surface area (Å²) in [6.07, 6.45) is 2.99. The van der Waals surface area contributed by atoms with Crippen molar-refractivity contribution in [2.75, 3.05) is 0 Å². The van der Waals surface area contributed by atoms with Gasteiger partial charge in [-0.3, -0.25) is 0 Å². The molecule has 1 N–H and O–H groups in total. The monoisotopic (exact) mass is 292 g/mol. The van der Waals surface area contributed by atoms with Gasteiger partial charge in [-0.25, -0.2) is 0 Å². The first-order valence-electron chi connectivity index (χ1n) is 7.22. The first-order chi connectivity index (χ1) is 9.13. The van der Waals surface area contributed by atoms with Crippen LogP contribution in [-0.2, 0) is 4.43 Å². The van der Waals surface area contributed by atoms with Crippen LogP contribution in [0.1, 0.15) is 33.3 Å². The van der Waals surface area contributed by atoms with Gasteiger partial charge in [-0.15, -0.1) is 0 Å². The first kappa shape index (κ1) is 17.1. The normalized spacial score (nSPS) is 16.4. The first-order valence-corrected chi connectivity index (χ1v) is 10.1. The molecular weight excluding hydrogens is 264 g/mol. The quantitative estimate of drug-likeness (QED) is 0.811. The minimum Gasteiger partial charge on any atom is -0.411 e. The Morgan fingerprint density at radius 2 is 1.70 bits per heavy atom. The van der Waals surface area contributed by atoms with Gasteiger partial charge in [-0.2, -0.15) is 0 Å². The van der Waals surface area contributed by atoms with Crippen molar-refractivity contribution in [1.82, 2.24) is 0 Å². The topological polar surface area (TPSA) is 29.5 Å². The molecule has 1 aromatic carbocycles. The lowest BCUT2D eigenvalue weighted by Crippen LogP contribution is -2.45. The number of aliphatic hydroxyl groups excluding tert-OH is 1. The molecule has 0 bridgehead atoms. The average molecular weight is 292 g/mol. The smallest absolute Gasteiger partial charge is 0.192 e. The minimum absolute atomic E-state index is 0.157. The second-order valence-corrected chi connectivity index (χ2v) is 11.6.